The average molecular weight is 289 g/mol. The molecule has 1 amide bonds. The number of nitrogens with zero attached hydrogens (tertiary/aromatic N) is 3. The van der Waals surface area contributed by atoms with E-state index in [1.54, 1.807) is 26.2 Å². The second kappa shape index (κ2) is 5.61. The van der Waals surface area contributed by atoms with Gasteiger partial charge in [0.2, 0.25) is 0 Å². The van der Waals surface area contributed by atoms with E-state index in [1.807, 2.05) is 0 Å². The number of nitro groups is 1. The Hall–Kier alpha value is -2.90. The molecule has 0 saturated heterocycles. The molecule has 2 rings (SSSR count). The molecule has 8 nitrogen and oxygen atoms in total. The van der Waals surface area contributed by atoms with Gasteiger partial charge < -0.3 is 11.1 Å². The van der Waals surface area contributed by atoms with E-state index in [0.29, 0.717) is 16.9 Å². The molecule has 3 N–H and O–H groups in total. The average Bonchev–Trinajstić information content (AvgIpc) is 2.76. The molecular formula is C13H15N5O3. The van der Waals surface area contributed by atoms with Crippen LogP contribution in [-0.4, -0.2) is 20.6 Å². The van der Waals surface area contributed by atoms with Crippen LogP contribution in [0, 0.1) is 17.0 Å². The Morgan fingerprint density at radius 1 is 1.52 bits per heavy atom. The third-order valence-corrected chi connectivity index (χ3v) is 3.25. The monoisotopic (exact) mass is 289 g/mol. The zero-order valence-electron chi connectivity index (χ0n) is 11.7. The predicted octanol–water partition coefficient (Wildman–Crippen LogP) is 1.15. The van der Waals surface area contributed by atoms with Gasteiger partial charge in [0.1, 0.15) is 5.82 Å². The van der Waals surface area contributed by atoms with Crippen LogP contribution in [-0.2, 0) is 13.6 Å². The normalized spacial score (nSPS) is 10.4. The number of amides is 1. The fourth-order valence-electron chi connectivity index (χ4n) is 1.97. The zero-order chi connectivity index (χ0) is 15.6. The van der Waals surface area contributed by atoms with E-state index in [1.165, 1.54) is 16.8 Å². The minimum Gasteiger partial charge on any atom is -0.384 e. The Labute approximate surface area is 120 Å². The Balaban J connectivity index is 2.16. The molecule has 2 aromatic rings. The van der Waals surface area contributed by atoms with Gasteiger partial charge in [-0.2, -0.15) is 5.10 Å². The summed E-state index contributed by atoms with van der Waals surface area (Å²) in [6.45, 7) is 1.76. The van der Waals surface area contributed by atoms with E-state index in [-0.39, 0.29) is 23.7 Å². The van der Waals surface area contributed by atoms with Crippen molar-refractivity contribution in [3.05, 3.63) is 51.2 Å². The van der Waals surface area contributed by atoms with Crippen molar-refractivity contribution in [1.82, 2.24) is 15.1 Å². The first-order valence-electron chi connectivity index (χ1n) is 6.20. The zero-order valence-corrected chi connectivity index (χ0v) is 11.7. The molecule has 1 aromatic carbocycles. The van der Waals surface area contributed by atoms with Gasteiger partial charge in [0.15, 0.2) is 0 Å². The van der Waals surface area contributed by atoms with E-state index < -0.39 is 4.92 Å². The Morgan fingerprint density at radius 3 is 2.81 bits per heavy atom. The predicted molar refractivity (Wildman–Crippen MR) is 76.6 cm³/mol. The van der Waals surface area contributed by atoms with E-state index in [9.17, 15) is 14.9 Å². The number of nitrogens with one attached hydrogen (secondary N) is 1. The first kappa shape index (κ1) is 14.5. The summed E-state index contributed by atoms with van der Waals surface area (Å²) in [6.07, 6.45) is 1.57. The van der Waals surface area contributed by atoms with Crippen molar-refractivity contribution in [1.29, 1.82) is 0 Å². The lowest BCUT2D eigenvalue weighted by molar-refractivity contribution is -0.385. The van der Waals surface area contributed by atoms with Crippen LogP contribution in [0.2, 0.25) is 0 Å². The van der Waals surface area contributed by atoms with Gasteiger partial charge >= 0.3 is 0 Å². The molecule has 0 spiro atoms. The third-order valence-electron chi connectivity index (χ3n) is 3.25. The van der Waals surface area contributed by atoms with Crippen LogP contribution in [0.3, 0.4) is 0 Å². The van der Waals surface area contributed by atoms with Gasteiger partial charge in [-0.3, -0.25) is 19.6 Å². The van der Waals surface area contributed by atoms with E-state index in [4.69, 9.17) is 5.73 Å². The molecule has 0 bridgehead atoms. The van der Waals surface area contributed by atoms with Gasteiger partial charge in [-0.05, 0) is 13.0 Å². The van der Waals surface area contributed by atoms with Gasteiger partial charge in [-0.25, -0.2) is 0 Å². The lowest BCUT2D eigenvalue weighted by Gasteiger charge is -2.07. The van der Waals surface area contributed by atoms with Gasteiger partial charge in [-0.1, -0.05) is 6.07 Å². The lowest BCUT2D eigenvalue weighted by atomic mass is 10.1. The lowest BCUT2D eigenvalue weighted by Crippen LogP contribution is -2.24. The van der Waals surface area contributed by atoms with Crippen LogP contribution in [0.4, 0.5) is 11.5 Å². The molecule has 0 radical (unpaired) electrons. The Morgan fingerprint density at radius 2 is 2.24 bits per heavy atom. The second-order valence-corrected chi connectivity index (χ2v) is 4.57. The number of carbonyl (C=O) groups excluding carboxylic acids is 1. The minimum atomic E-state index is -0.509. The van der Waals surface area contributed by atoms with Crippen LogP contribution in [0.1, 0.15) is 21.5 Å². The van der Waals surface area contributed by atoms with Crippen LogP contribution in [0.5, 0.6) is 0 Å². The topological polar surface area (TPSA) is 116 Å². The van der Waals surface area contributed by atoms with Crippen LogP contribution in [0.25, 0.3) is 0 Å². The Kier molecular flexibility index (Phi) is 3.88. The molecule has 0 aliphatic rings. The largest absolute Gasteiger partial charge is 0.384 e. The Bertz CT molecular complexity index is 708. The molecule has 0 unspecified atom stereocenters. The third kappa shape index (κ3) is 2.83. The van der Waals surface area contributed by atoms with Crippen molar-refractivity contribution < 1.29 is 9.72 Å². The van der Waals surface area contributed by atoms with Gasteiger partial charge in [-0.15, -0.1) is 0 Å². The highest BCUT2D eigenvalue weighted by molar-refractivity contribution is 5.96. The summed E-state index contributed by atoms with van der Waals surface area (Å²) < 4.78 is 1.50. The number of nitro benzene ring substituents is 1. The van der Waals surface area contributed by atoms with E-state index >= 15 is 0 Å². The number of carbonyl (C=O) groups is 1. The summed E-state index contributed by atoms with van der Waals surface area (Å²) in [5, 5.41) is 17.5. The standard InChI is InChI=1S/C13H15N5O3/c1-8-10(4-3-5-11(8)18(20)21)13(19)15-6-9-7-16-17(2)12(9)14/h3-5,7H,6,14H2,1-2H3,(H,15,19). The molecule has 1 heterocycles. The molecule has 0 atom stereocenters. The van der Waals surface area contributed by atoms with Crippen LogP contribution in [0.15, 0.2) is 24.4 Å². The van der Waals surface area contributed by atoms with Crippen molar-refractivity contribution in [3.8, 4) is 0 Å². The van der Waals surface area contributed by atoms with Crippen LogP contribution < -0.4 is 11.1 Å². The van der Waals surface area contributed by atoms with Crippen molar-refractivity contribution in [3.63, 3.8) is 0 Å². The maximum absolute atomic E-state index is 12.1. The quantitative estimate of drug-likeness (QED) is 0.647. The minimum absolute atomic E-state index is 0.0801. The summed E-state index contributed by atoms with van der Waals surface area (Å²) in [5.74, 6) is 0.0746. The maximum atomic E-state index is 12.1. The summed E-state index contributed by atoms with van der Waals surface area (Å²) >= 11 is 0. The SMILES string of the molecule is Cc1c(C(=O)NCc2cnn(C)c2N)cccc1[N+](=O)[O-]. The molecular weight excluding hydrogens is 274 g/mol. The first-order valence-corrected chi connectivity index (χ1v) is 6.20. The number of aromatic nitrogens is 2. The fraction of sp³-hybridized carbons (Fsp3) is 0.231. The number of hydrogen-bond acceptors (Lipinski definition) is 5. The molecule has 0 fully saturated rings. The van der Waals surface area contributed by atoms with E-state index in [0.717, 1.165) is 0 Å². The summed E-state index contributed by atoms with van der Waals surface area (Å²) in [4.78, 5) is 22.5. The second-order valence-electron chi connectivity index (χ2n) is 4.57. The van der Waals surface area contributed by atoms with Crippen molar-refractivity contribution >= 4 is 17.4 Å². The molecule has 0 aliphatic heterocycles. The number of nitrogen functional groups attached to an aromatic ring is 1. The molecule has 8 heteroatoms. The van der Waals surface area contributed by atoms with Gasteiger partial charge in [0.05, 0.1) is 11.1 Å². The summed E-state index contributed by atoms with van der Waals surface area (Å²) in [7, 11) is 1.70. The maximum Gasteiger partial charge on any atom is 0.273 e. The number of anilines is 1. The molecule has 0 aliphatic carbocycles. The van der Waals surface area contributed by atoms with Crippen LogP contribution >= 0.6 is 0 Å². The highest BCUT2D eigenvalue weighted by atomic mass is 16.6. The van der Waals surface area contributed by atoms with Gasteiger partial charge in [0, 0.05) is 36.3 Å². The number of aryl methyl sites for hydroxylation is 1. The number of nitrogens with two attached hydrogens (primary N) is 1. The van der Waals surface area contributed by atoms with Crippen molar-refractivity contribution in [2.75, 3.05) is 5.73 Å². The smallest absolute Gasteiger partial charge is 0.273 e. The first-order chi connectivity index (χ1) is 9.91. The summed E-state index contributed by atoms with van der Waals surface area (Å²) in [6, 6.07) is 4.40. The summed E-state index contributed by atoms with van der Waals surface area (Å²) in [5.41, 5.74) is 6.99. The highest BCUT2D eigenvalue weighted by Gasteiger charge is 2.18. The number of hydrogen-bond donors (Lipinski definition) is 2. The highest BCUT2D eigenvalue weighted by Crippen LogP contribution is 2.21. The fourth-order valence-corrected chi connectivity index (χ4v) is 1.97. The molecule has 1 aromatic heterocycles. The molecule has 21 heavy (non-hydrogen) atoms. The molecule has 0 saturated carbocycles. The van der Waals surface area contributed by atoms with Crippen molar-refractivity contribution in [2.45, 2.75) is 13.5 Å². The van der Waals surface area contributed by atoms with E-state index in [2.05, 4.69) is 10.4 Å². The molecule has 110 valence electrons. The van der Waals surface area contributed by atoms with Gasteiger partial charge in [0.25, 0.3) is 11.6 Å². The number of rotatable bonds is 4. The van der Waals surface area contributed by atoms with Crippen molar-refractivity contribution in [2.24, 2.45) is 7.05 Å². The number of benzene rings is 1.